The van der Waals surface area contributed by atoms with E-state index in [2.05, 4.69) is 17.0 Å². The highest BCUT2D eigenvalue weighted by molar-refractivity contribution is 6.33. The van der Waals surface area contributed by atoms with Crippen LogP contribution in [0, 0.1) is 0 Å². The lowest BCUT2D eigenvalue weighted by Crippen LogP contribution is -2.42. The Labute approximate surface area is 113 Å². The van der Waals surface area contributed by atoms with Gasteiger partial charge in [0.15, 0.2) is 0 Å². The van der Waals surface area contributed by atoms with Gasteiger partial charge in [-0.25, -0.2) is 0 Å². The van der Waals surface area contributed by atoms with E-state index >= 15 is 0 Å². The van der Waals surface area contributed by atoms with Gasteiger partial charge in [0.25, 0.3) is 0 Å². The largest absolute Gasteiger partial charge is 0.371 e. The molecule has 2 saturated heterocycles. The minimum atomic E-state index is 0.0254. The first kappa shape index (κ1) is 12.3. The third-order valence-electron chi connectivity index (χ3n) is 3.88. The van der Waals surface area contributed by atoms with Crippen LogP contribution in [0.25, 0.3) is 0 Å². The van der Waals surface area contributed by atoms with Crippen molar-refractivity contribution in [1.29, 1.82) is 0 Å². The quantitative estimate of drug-likeness (QED) is 0.895. The molecule has 0 spiro atoms. The fourth-order valence-corrected chi connectivity index (χ4v) is 3.18. The molecular formula is C14H19ClN2O. The van der Waals surface area contributed by atoms with Gasteiger partial charge in [-0.3, -0.25) is 0 Å². The molecule has 0 aliphatic carbocycles. The minimum absolute atomic E-state index is 0.0254. The molecule has 3 unspecified atom stereocenters. The van der Waals surface area contributed by atoms with Gasteiger partial charge in [0.1, 0.15) is 0 Å². The van der Waals surface area contributed by atoms with Gasteiger partial charge < -0.3 is 15.4 Å². The summed E-state index contributed by atoms with van der Waals surface area (Å²) in [5, 5.41) is 0.797. The normalized spacial score (nSPS) is 28.5. The van der Waals surface area contributed by atoms with Gasteiger partial charge in [0.05, 0.1) is 22.9 Å². The van der Waals surface area contributed by atoms with E-state index in [1.165, 1.54) is 12.8 Å². The van der Waals surface area contributed by atoms with Crippen molar-refractivity contribution in [3.05, 3.63) is 28.8 Å². The molecule has 2 fully saturated rings. The van der Waals surface area contributed by atoms with Crippen LogP contribution in [0.1, 0.15) is 31.4 Å². The first-order valence-electron chi connectivity index (χ1n) is 6.59. The molecule has 0 amide bonds. The van der Waals surface area contributed by atoms with Gasteiger partial charge in [0, 0.05) is 19.1 Å². The summed E-state index contributed by atoms with van der Waals surface area (Å²) in [7, 11) is 0. The Morgan fingerprint density at radius 2 is 2.00 bits per heavy atom. The van der Waals surface area contributed by atoms with Crippen LogP contribution in [0.4, 0.5) is 5.69 Å². The maximum Gasteiger partial charge on any atom is 0.0755 e. The molecule has 2 aliphatic heterocycles. The van der Waals surface area contributed by atoms with E-state index in [0.29, 0.717) is 12.2 Å². The van der Waals surface area contributed by atoms with Crippen molar-refractivity contribution < 1.29 is 4.74 Å². The van der Waals surface area contributed by atoms with E-state index in [0.717, 1.165) is 29.4 Å². The standard InChI is InChI=1S/C14H19ClN2O/c1-9(16)10-2-5-14(13(15)6-10)17-7-11-3-4-12(8-17)18-11/h2,5-6,9,11-12H,3-4,7-8,16H2,1H3. The highest BCUT2D eigenvalue weighted by Crippen LogP contribution is 2.34. The summed E-state index contributed by atoms with van der Waals surface area (Å²) in [6, 6.07) is 6.17. The molecule has 18 heavy (non-hydrogen) atoms. The number of hydrogen-bond donors (Lipinski definition) is 1. The van der Waals surface area contributed by atoms with Gasteiger partial charge in [0.2, 0.25) is 0 Å². The maximum atomic E-state index is 6.38. The van der Waals surface area contributed by atoms with Crippen molar-refractivity contribution in [1.82, 2.24) is 0 Å². The van der Waals surface area contributed by atoms with Crippen molar-refractivity contribution in [3.63, 3.8) is 0 Å². The highest BCUT2D eigenvalue weighted by atomic mass is 35.5. The van der Waals surface area contributed by atoms with E-state index < -0.39 is 0 Å². The first-order valence-corrected chi connectivity index (χ1v) is 6.96. The molecule has 1 aromatic rings. The van der Waals surface area contributed by atoms with Crippen molar-refractivity contribution in [2.75, 3.05) is 18.0 Å². The van der Waals surface area contributed by atoms with E-state index in [4.69, 9.17) is 22.1 Å². The second kappa shape index (κ2) is 4.72. The van der Waals surface area contributed by atoms with Crippen LogP contribution in [0.2, 0.25) is 5.02 Å². The number of nitrogens with zero attached hydrogens (tertiary/aromatic N) is 1. The molecule has 1 aromatic carbocycles. The lowest BCUT2D eigenvalue weighted by molar-refractivity contribution is 0.0305. The fourth-order valence-electron chi connectivity index (χ4n) is 2.87. The SMILES string of the molecule is CC(N)c1ccc(N2CC3CCC(C2)O3)c(Cl)c1. The average molecular weight is 267 g/mol. The second-order valence-corrected chi connectivity index (χ2v) is 5.77. The molecule has 3 rings (SSSR count). The molecule has 3 atom stereocenters. The zero-order chi connectivity index (χ0) is 12.7. The molecule has 0 radical (unpaired) electrons. The van der Waals surface area contributed by atoms with Gasteiger partial charge >= 0.3 is 0 Å². The third kappa shape index (κ3) is 2.22. The molecule has 0 aromatic heterocycles. The fraction of sp³-hybridized carbons (Fsp3) is 0.571. The Hall–Kier alpha value is -0.770. The Morgan fingerprint density at radius 3 is 2.56 bits per heavy atom. The molecule has 0 saturated carbocycles. The van der Waals surface area contributed by atoms with Crippen LogP contribution in [0.3, 0.4) is 0 Å². The van der Waals surface area contributed by atoms with E-state index in [-0.39, 0.29) is 6.04 Å². The summed E-state index contributed by atoms with van der Waals surface area (Å²) in [4.78, 5) is 2.35. The smallest absolute Gasteiger partial charge is 0.0755 e. The molecule has 4 heteroatoms. The molecule has 98 valence electrons. The molecule has 2 bridgehead atoms. The van der Waals surface area contributed by atoms with E-state index in [9.17, 15) is 0 Å². The van der Waals surface area contributed by atoms with Crippen LogP contribution < -0.4 is 10.6 Å². The number of hydrogen-bond acceptors (Lipinski definition) is 3. The van der Waals surface area contributed by atoms with Crippen molar-refractivity contribution in [3.8, 4) is 0 Å². The van der Waals surface area contributed by atoms with Crippen molar-refractivity contribution >= 4 is 17.3 Å². The summed E-state index contributed by atoms with van der Waals surface area (Å²) in [5.41, 5.74) is 8.07. The lowest BCUT2D eigenvalue weighted by atomic mass is 10.1. The summed E-state index contributed by atoms with van der Waals surface area (Å²) < 4.78 is 5.85. The number of rotatable bonds is 2. The second-order valence-electron chi connectivity index (χ2n) is 5.36. The number of benzene rings is 1. The summed E-state index contributed by atoms with van der Waals surface area (Å²) in [6.45, 7) is 3.88. The Morgan fingerprint density at radius 1 is 1.33 bits per heavy atom. The Kier molecular flexibility index (Phi) is 3.22. The van der Waals surface area contributed by atoms with Crippen LogP contribution in [-0.4, -0.2) is 25.3 Å². The highest BCUT2D eigenvalue weighted by Gasteiger charge is 2.34. The minimum Gasteiger partial charge on any atom is -0.371 e. The topological polar surface area (TPSA) is 38.5 Å². The summed E-state index contributed by atoms with van der Waals surface area (Å²) >= 11 is 6.38. The summed E-state index contributed by atoms with van der Waals surface area (Å²) in [5.74, 6) is 0. The lowest BCUT2D eigenvalue weighted by Gasteiger charge is -2.34. The Bertz CT molecular complexity index is 437. The number of halogens is 1. The van der Waals surface area contributed by atoms with Crippen molar-refractivity contribution in [2.24, 2.45) is 5.73 Å². The van der Waals surface area contributed by atoms with Gasteiger partial charge in [-0.05, 0) is 37.5 Å². The first-order chi connectivity index (χ1) is 8.63. The van der Waals surface area contributed by atoms with E-state index in [1.807, 2.05) is 13.0 Å². The van der Waals surface area contributed by atoms with Gasteiger partial charge in [-0.1, -0.05) is 17.7 Å². The summed E-state index contributed by atoms with van der Waals surface area (Å²) in [6.07, 6.45) is 3.12. The third-order valence-corrected chi connectivity index (χ3v) is 4.18. The molecule has 3 nitrogen and oxygen atoms in total. The predicted molar refractivity (Wildman–Crippen MR) is 74.2 cm³/mol. The van der Waals surface area contributed by atoms with Crippen LogP contribution >= 0.6 is 11.6 Å². The number of ether oxygens (including phenoxy) is 1. The predicted octanol–water partition coefficient (Wildman–Crippen LogP) is 2.73. The Balaban J connectivity index is 1.84. The number of anilines is 1. The van der Waals surface area contributed by atoms with Crippen LogP contribution in [0.5, 0.6) is 0 Å². The molecule has 2 N–H and O–H groups in total. The zero-order valence-corrected chi connectivity index (χ0v) is 11.4. The number of nitrogens with two attached hydrogens (primary N) is 1. The van der Waals surface area contributed by atoms with Crippen LogP contribution in [-0.2, 0) is 4.74 Å². The molecule has 2 heterocycles. The average Bonchev–Trinajstić information content (AvgIpc) is 2.68. The van der Waals surface area contributed by atoms with Gasteiger partial charge in [-0.2, -0.15) is 0 Å². The van der Waals surface area contributed by atoms with Crippen molar-refractivity contribution in [2.45, 2.75) is 38.0 Å². The molecular weight excluding hydrogens is 248 g/mol. The zero-order valence-electron chi connectivity index (χ0n) is 10.6. The monoisotopic (exact) mass is 266 g/mol. The molecule has 2 aliphatic rings. The maximum absolute atomic E-state index is 6.38. The van der Waals surface area contributed by atoms with E-state index in [1.54, 1.807) is 0 Å². The number of fused-ring (bicyclic) bond motifs is 2. The van der Waals surface area contributed by atoms with Gasteiger partial charge in [-0.15, -0.1) is 0 Å². The van der Waals surface area contributed by atoms with Crippen LogP contribution in [0.15, 0.2) is 18.2 Å². The number of morpholine rings is 1.